The molecule has 4 rings (SSSR count). The topological polar surface area (TPSA) is 86.0 Å². The van der Waals surface area contributed by atoms with E-state index in [2.05, 4.69) is 15.1 Å². The van der Waals surface area contributed by atoms with Gasteiger partial charge in [-0.05, 0) is 79.7 Å². The summed E-state index contributed by atoms with van der Waals surface area (Å²) in [5.74, 6) is 1.91. The molecule has 1 saturated heterocycles. The summed E-state index contributed by atoms with van der Waals surface area (Å²) < 4.78 is 40.3. The van der Waals surface area contributed by atoms with Crippen molar-refractivity contribution < 1.29 is 13.2 Å². The SMILES string of the molecule is Cn1c(SCCCN2CC[C@]3(C[C@H]3c3ccc(C(F)(F)F)cc3)C2)nnc1/C(N)=C/C=C\N. The Labute approximate surface area is 195 Å². The van der Waals surface area contributed by atoms with Crippen LogP contribution in [0.1, 0.15) is 42.1 Å². The van der Waals surface area contributed by atoms with E-state index in [1.165, 1.54) is 18.3 Å². The van der Waals surface area contributed by atoms with Crippen LogP contribution in [0.3, 0.4) is 0 Å². The number of hydrogen-bond acceptors (Lipinski definition) is 6. The number of hydrogen-bond donors (Lipinski definition) is 2. The number of halogens is 3. The van der Waals surface area contributed by atoms with Gasteiger partial charge in [0, 0.05) is 19.3 Å². The molecule has 33 heavy (non-hydrogen) atoms. The molecule has 2 fully saturated rings. The molecular weight excluding hydrogens is 449 g/mol. The number of rotatable bonds is 8. The predicted octanol–water partition coefficient (Wildman–Crippen LogP) is 3.97. The molecule has 1 aromatic heterocycles. The molecule has 2 aliphatic rings. The molecule has 1 aliphatic heterocycles. The fraction of sp³-hybridized carbons (Fsp3) is 0.478. The van der Waals surface area contributed by atoms with Crippen molar-refractivity contribution in [1.29, 1.82) is 0 Å². The summed E-state index contributed by atoms with van der Waals surface area (Å²) in [6.45, 7) is 3.07. The standard InChI is InChI=1S/C23H29F3N6S/c1-31-20(19(28)4-2-10-27)29-30-21(31)33-13-3-11-32-12-9-22(15-32)14-18(22)16-5-7-17(8-6-16)23(24,25)26/h2,4-8,10,18H,3,9,11-15,27-28H2,1H3/b10-2-,19-4-/t18-,22-/m0/s1. The van der Waals surface area contributed by atoms with Gasteiger partial charge in [0.05, 0.1) is 11.3 Å². The normalized spacial score (nSPS) is 23.8. The van der Waals surface area contributed by atoms with E-state index in [0.717, 1.165) is 55.4 Å². The van der Waals surface area contributed by atoms with Crippen molar-refractivity contribution in [2.24, 2.45) is 23.9 Å². The summed E-state index contributed by atoms with van der Waals surface area (Å²) >= 11 is 1.65. The first-order valence-corrected chi connectivity index (χ1v) is 12.0. The quantitative estimate of drug-likeness (QED) is 0.339. The molecule has 10 heteroatoms. The number of allylic oxidation sites excluding steroid dienone is 2. The lowest BCUT2D eigenvalue weighted by atomic mass is 9.97. The van der Waals surface area contributed by atoms with Gasteiger partial charge in [-0.25, -0.2) is 0 Å². The van der Waals surface area contributed by atoms with Gasteiger partial charge in [-0.3, -0.25) is 0 Å². The van der Waals surface area contributed by atoms with Gasteiger partial charge < -0.3 is 20.9 Å². The lowest BCUT2D eigenvalue weighted by Crippen LogP contribution is -2.23. The molecule has 4 N–H and O–H groups in total. The van der Waals surface area contributed by atoms with Gasteiger partial charge in [0.2, 0.25) is 0 Å². The van der Waals surface area contributed by atoms with Gasteiger partial charge in [-0.1, -0.05) is 23.9 Å². The van der Waals surface area contributed by atoms with Crippen molar-refractivity contribution in [3.63, 3.8) is 0 Å². The first-order chi connectivity index (χ1) is 15.7. The Morgan fingerprint density at radius 3 is 2.73 bits per heavy atom. The highest BCUT2D eigenvalue weighted by Crippen LogP contribution is 2.64. The molecule has 2 heterocycles. The number of nitrogens with two attached hydrogens (primary N) is 2. The Morgan fingerprint density at radius 2 is 2.03 bits per heavy atom. The minimum absolute atomic E-state index is 0.243. The Kier molecular flexibility index (Phi) is 6.76. The molecule has 0 bridgehead atoms. The molecule has 0 unspecified atom stereocenters. The lowest BCUT2D eigenvalue weighted by Gasteiger charge is -2.16. The third kappa shape index (κ3) is 5.22. The largest absolute Gasteiger partial charge is 0.416 e. The summed E-state index contributed by atoms with van der Waals surface area (Å²) in [6.07, 6.45) is 3.68. The highest BCUT2D eigenvalue weighted by Gasteiger charge is 2.57. The van der Waals surface area contributed by atoms with E-state index < -0.39 is 11.7 Å². The van der Waals surface area contributed by atoms with Gasteiger partial charge in [0.15, 0.2) is 11.0 Å². The van der Waals surface area contributed by atoms with Gasteiger partial charge in [-0.2, -0.15) is 13.2 Å². The number of nitrogens with zero attached hydrogens (tertiary/aromatic N) is 4. The minimum atomic E-state index is -4.28. The predicted molar refractivity (Wildman–Crippen MR) is 124 cm³/mol. The third-order valence-electron chi connectivity index (χ3n) is 6.62. The molecular formula is C23H29F3N6S. The van der Waals surface area contributed by atoms with E-state index in [4.69, 9.17) is 11.5 Å². The average molecular weight is 479 g/mol. The number of thioether (sulfide) groups is 1. The van der Waals surface area contributed by atoms with Crippen LogP contribution >= 0.6 is 11.8 Å². The fourth-order valence-electron chi connectivity index (χ4n) is 4.73. The van der Waals surface area contributed by atoms with Crippen LogP contribution in [0.5, 0.6) is 0 Å². The lowest BCUT2D eigenvalue weighted by molar-refractivity contribution is -0.137. The molecule has 0 amide bonds. The van der Waals surface area contributed by atoms with Crippen molar-refractivity contribution in [2.45, 2.75) is 36.5 Å². The third-order valence-corrected chi connectivity index (χ3v) is 7.73. The maximum Gasteiger partial charge on any atom is 0.416 e. The van der Waals surface area contributed by atoms with Crippen molar-refractivity contribution in [3.05, 3.63) is 59.6 Å². The van der Waals surface area contributed by atoms with Gasteiger partial charge in [0.1, 0.15) is 0 Å². The summed E-state index contributed by atoms with van der Waals surface area (Å²) in [4.78, 5) is 2.48. The van der Waals surface area contributed by atoms with E-state index in [0.29, 0.717) is 17.4 Å². The van der Waals surface area contributed by atoms with Crippen molar-refractivity contribution in [3.8, 4) is 0 Å². The fourth-order valence-corrected chi connectivity index (χ4v) is 5.56. The Hall–Kier alpha value is -2.46. The second-order valence-corrected chi connectivity index (χ2v) is 9.90. The highest BCUT2D eigenvalue weighted by molar-refractivity contribution is 7.99. The van der Waals surface area contributed by atoms with E-state index in [1.54, 1.807) is 36.0 Å². The molecule has 1 aromatic carbocycles. The summed E-state index contributed by atoms with van der Waals surface area (Å²) in [6, 6.07) is 5.74. The van der Waals surface area contributed by atoms with E-state index in [9.17, 15) is 13.2 Å². The number of likely N-dealkylation sites (tertiary alicyclic amines) is 1. The monoisotopic (exact) mass is 478 g/mol. The second-order valence-electron chi connectivity index (χ2n) is 8.84. The first kappa shape index (κ1) is 23.7. The van der Waals surface area contributed by atoms with Crippen LogP contribution in [0.4, 0.5) is 13.2 Å². The van der Waals surface area contributed by atoms with E-state index >= 15 is 0 Å². The van der Waals surface area contributed by atoms with E-state index in [1.807, 2.05) is 11.6 Å². The molecule has 6 nitrogen and oxygen atoms in total. The second kappa shape index (κ2) is 9.42. The van der Waals surface area contributed by atoms with Gasteiger partial charge in [0.25, 0.3) is 0 Å². The van der Waals surface area contributed by atoms with E-state index in [-0.39, 0.29) is 5.41 Å². The van der Waals surface area contributed by atoms with Crippen molar-refractivity contribution >= 4 is 17.5 Å². The van der Waals surface area contributed by atoms with Crippen LogP contribution in [-0.2, 0) is 13.2 Å². The summed E-state index contributed by atoms with van der Waals surface area (Å²) in [5.41, 5.74) is 12.6. The average Bonchev–Trinajstić information content (AvgIpc) is 3.12. The molecule has 178 valence electrons. The van der Waals surface area contributed by atoms with Crippen LogP contribution in [0.15, 0.2) is 47.8 Å². The van der Waals surface area contributed by atoms with Crippen LogP contribution in [0.2, 0.25) is 0 Å². The molecule has 2 atom stereocenters. The summed E-state index contributed by atoms with van der Waals surface area (Å²) in [5, 5.41) is 9.21. The number of benzene rings is 1. The molecule has 1 saturated carbocycles. The maximum absolute atomic E-state index is 12.8. The summed E-state index contributed by atoms with van der Waals surface area (Å²) in [7, 11) is 1.89. The van der Waals surface area contributed by atoms with Crippen LogP contribution in [0, 0.1) is 5.41 Å². The molecule has 2 aromatic rings. The maximum atomic E-state index is 12.8. The Bertz CT molecular complexity index is 1030. The highest BCUT2D eigenvalue weighted by atomic mass is 32.2. The van der Waals surface area contributed by atoms with Crippen LogP contribution in [0.25, 0.3) is 5.70 Å². The van der Waals surface area contributed by atoms with Gasteiger partial charge >= 0.3 is 6.18 Å². The minimum Gasteiger partial charge on any atom is -0.405 e. The Balaban J connectivity index is 1.23. The molecule has 1 aliphatic carbocycles. The number of alkyl halides is 3. The zero-order valence-electron chi connectivity index (χ0n) is 18.6. The van der Waals surface area contributed by atoms with Crippen LogP contribution < -0.4 is 11.5 Å². The smallest absolute Gasteiger partial charge is 0.405 e. The molecule has 0 radical (unpaired) electrons. The van der Waals surface area contributed by atoms with Gasteiger partial charge in [-0.15, -0.1) is 10.2 Å². The van der Waals surface area contributed by atoms with Crippen molar-refractivity contribution in [2.75, 3.05) is 25.4 Å². The zero-order chi connectivity index (χ0) is 23.6. The van der Waals surface area contributed by atoms with Crippen LogP contribution in [-0.4, -0.2) is 45.1 Å². The zero-order valence-corrected chi connectivity index (χ0v) is 19.4. The number of aromatic nitrogens is 3. The molecule has 1 spiro atoms. The van der Waals surface area contributed by atoms with Crippen molar-refractivity contribution in [1.82, 2.24) is 19.7 Å². The first-order valence-electron chi connectivity index (χ1n) is 11.0. The Morgan fingerprint density at radius 1 is 1.27 bits per heavy atom.